The van der Waals surface area contributed by atoms with Gasteiger partial charge in [0, 0.05) is 31.4 Å². The van der Waals surface area contributed by atoms with E-state index in [4.69, 9.17) is 9.73 Å². The molecule has 30 heavy (non-hydrogen) atoms. The zero-order valence-corrected chi connectivity index (χ0v) is 18.5. The van der Waals surface area contributed by atoms with Crippen LogP contribution in [0, 0.1) is 12.8 Å². The molecule has 1 amide bonds. The maximum atomic E-state index is 11.8. The molecule has 2 aliphatic rings. The van der Waals surface area contributed by atoms with E-state index in [-0.39, 0.29) is 12.1 Å². The van der Waals surface area contributed by atoms with Crippen LogP contribution in [0.1, 0.15) is 45.2 Å². The Morgan fingerprint density at radius 2 is 2.03 bits per heavy atom. The molecule has 1 atom stereocenters. The largest absolute Gasteiger partial charge is 0.450 e. The first kappa shape index (κ1) is 22.2. The number of hydrogen-bond donors (Lipinski definition) is 3. The molecule has 0 aromatic carbocycles. The van der Waals surface area contributed by atoms with E-state index in [0.29, 0.717) is 25.1 Å². The van der Waals surface area contributed by atoms with Crippen LogP contribution in [0.2, 0.25) is 0 Å². The third-order valence-corrected chi connectivity index (χ3v) is 5.59. The van der Waals surface area contributed by atoms with E-state index in [2.05, 4.69) is 44.9 Å². The van der Waals surface area contributed by atoms with Crippen LogP contribution in [0.4, 0.5) is 10.6 Å². The van der Waals surface area contributed by atoms with Crippen molar-refractivity contribution in [3.8, 4) is 0 Å². The standard InChI is InChI=1S/C22H36N6O2/c1-4-23-21(24-15-19(17-9-10-17)27-22(29)30-5-2)26-18-11-13-28(14-12-18)20-8-6-7-16(3)25-20/h6-8,17-19H,4-5,9-15H2,1-3H3,(H,27,29)(H2,23,24,26). The first-order chi connectivity index (χ1) is 14.6. The molecule has 1 aliphatic heterocycles. The monoisotopic (exact) mass is 416 g/mol. The second-order valence-electron chi connectivity index (χ2n) is 8.07. The van der Waals surface area contributed by atoms with Gasteiger partial charge in [-0.15, -0.1) is 0 Å². The van der Waals surface area contributed by atoms with E-state index in [1.807, 2.05) is 19.9 Å². The van der Waals surface area contributed by atoms with Crippen molar-refractivity contribution >= 4 is 17.9 Å². The first-order valence-corrected chi connectivity index (χ1v) is 11.3. The van der Waals surface area contributed by atoms with Gasteiger partial charge in [0.05, 0.1) is 19.2 Å². The number of guanidine groups is 1. The van der Waals surface area contributed by atoms with Gasteiger partial charge in [-0.1, -0.05) is 6.07 Å². The number of carbonyl (C=O) groups is 1. The summed E-state index contributed by atoms with van der Waals surface area (Å²) in [4.78, 5) is 23.6. The molecule has 1 aromatic rings. The molecule has 1 unspecified atom stereocenters. The quantitative estimate of drug-likeness (QED) is 0.445. The summed E-state index contributed by atoms with van der Waals surface area (Å²) in [6, 6.07) is 6.59. The van der Waals surface area contributed by atoms with E-state index in [1.54, 1.807) is 0 Å². The van der Waals surface area contributed by atoms with Crippen LogP contribution in [-0.2, 0) is 4.74 Å². The summed E-state index contributed by atoms with van der Waals surface area (Å²) in [6.07, 6.45) is 4.00. The Bertz CT molecular complexity index is 713. The number of nitrogens with zero attached hydrogens (tertiary/aromatic N) is 3. The minimum absolute atomic E-state index is 0.0359. The predicted octanol–water partition coefficient (Wildman–Crippen LogP) is 2.44. The van der Waals surface area contributed by atoms with Crippen LogP contribution in [0.15, 0.2) is 23.2 Å². The molecular formula is C22H36N6O2. The highest BCUT2D eigenvalue weighted by atomic mass is 16.5. The van der Waals surface area contributed by atoms with Crippen molar-refractivity contribution in [2.45, 2.75) is 58.5 Å². The number of aliphatic imine (C=N–C) groups is 1. The number of amides is 1. The Balaban J connectivity index is 1.51. The number of rotatable bonds is 8. The van der Waals surface area contributed by atoms with E-state index in [0.717, 1.165) is 62.8 Å². The maximum Gasteiger partial charge on any atom is 0.407 e. The van der Waals surface area contributed by atoms with Gasteiger partial charge in [-0.3, -0.25) is 4.99 Å². The molecule has 166 valence electrons. The van der Waals surface area contributed by atoms with Crippen LogP contribution in [-0.4, -0.2) is 61.9 Å². The van der Waals surface area contributed by atoms with Gasteiger partial charge in [0.25, 0.3) is 0 Å². The van der Waals surface area contributed by atoms with E-state index in [9.17, 15) is 4.79 Å². The Morgan fingerprint density at radius 3 is 2.67 bits per heavy atom. The summed E-state index contributed by atoms with van der Waals surface area (Å²) in [5.41, 5.74) is 1.05. The predicted molar refractivity (Wildman–Crippen MR) is 120 cm³/mol. The Labute approximate surface area is 179 Å². The lowest BCUT2D eigenvalue weighted by Crippen LogP contribution is -2.49. The number of hydrogen-bond acceptors (Lipinski definition) is 5. The number of carbonyl (C=O) groups excluding carboxylic acids is 1. The Morgan fingerprint density at radius 1 is 1.27 bits per heavy atom. The van der Waals surface area contributed by atoms with Crippen LogP contribution in [0.3, 0.4) is 0 Å². The van der Waals surface area contributed by atoms with Crippen molar-refractivity contribution in [3.63, 3.8) is 0 Å². The number of ether oxygens (including phenoxy) is 1. The van der Waals surface area contributed by atoms with Gasteiger partial charge in [0.15, 0.2) is 5.96 Å². The zero-order valence-electron chi connectivity index (χ0n) is 18.5. The van der Waals surface area contributed by atoms with E-state index >= 15 is 0 Å². The number of alkyl carbamates (subject to hydrolysis) is 1. The number of aromatic nitrogens is 1. The lowest BCUT2D eigenvalue weighted by Gasteiger charge is -2.34. The fraction of sp³-hybridized carbons (Fsp3) is 0.682. The third kappa shape index (κ3) is 6.78. The number of nitrogens with one attached hydrogen (secondary N) is 3. The molecule has 1 aliphatic carbocycles. The molecule has 0 bridgehead atoms. The van der Waals surface area contributed by atoms with Crippen molar-refractivity contribution in [1.82, 2.24) is 20.9 Å². The van der Waals surface area contributed by atoms with Gasteiger partial charge in [-0.05, 0) is 64.5 Å². The van der Waals surface area contributed by atoms with Crippen LogP contribution < -0.4 is 20.9 Å². The molecule has 0 radical (unpaired) electrons. The molecule has 3 rings (SSSR count). The summed E-state index contributed by atoms with van der Waals surface area (Å²) in [5, 5.41) is 9.90. The zero-order chi connectivity index (χ0) is 21.3. The van der Waals surface area contributed by atoms with Gasteiger partial charge in [-0.25, -0.2) is 9.78 Å². The summed E-state index contributed by atoms with van der Waals surface area (Å²) in [6.45, 7) is 9.61. The molecule has 2 heterocycles. The van der Waals surface area contributed by atoms with Gasteiger partial charge < -0.3 is 25.6 Å². The number of anilines is 1. The van der Waals surface area contributed by atoms with Crippen molar-refractivity contribution in [2.24, 2.45) is 10.9 Å². The van der Waals surface area contributed by atoms with E-state index < -0.39 is 0 Å². The summed E-state index contributed by atoms with van der Waals surface area (Å²) in [5.74, 6) is 2.39. The Kier molecular flexibility index (Phi) is 8.16. The van der Waals surface area contributed by atoms with Gasteiger partial charge in [0.1, 0.15) is 5.82 Å². The molecule has 0 spiro atoms. The van der Waals surface area contributed by atoms with Gasteiger partial charge in [0.2, 0.25) is 0 Å². The van der Waals surface area contributed by atoms with Crippen molar-refractivity contribution in [2.75, 3.05) is 37.7 Å². The topological polar surface area (TPSA) is 90.9 Å². The van der Waals surface area contributed by atoms with Gasteiger partial charge in [-0.2, -0.15) is 0 Å². The minimum Gasteiger partial charge on any atom is -0.450 e. The molecule has 1 saturated carbocycles. The fourth-order valence-electron chi connectivity index (χ4n) is 3.80. The molecule has 1 aromatic heterocycles. The summed E-state index contributed by atoms with van der Waals surface area (Å²) >= 11 is 0. The molecule has 3 N–H and O–H groups in total. The number of aryl methyl sites for hydroxylation is 1. The second-order valence-corrected chi connectivity index (χ2v) is 8.07. The Hall–Kier alpha value is -2.51. The average Bonchev–Trinajstić information content (AvgIpc) is 3.57. The molecular weight excluding hydrogens is 380 g/mol. The maximum absolute atomic E-state index is 11.8. The summed E-state index contributed by atoms with van der Waals surface area (Å²) in [7, 11) is 0. The second kappa shape index (κ2) is 11.0. The van der Waals surface area contributed by atoms with E-state index in [1.165, 1.54) is 0 Å². The molecule has 1 saturated heterocycles. The minimum atomic E-state index is -0.348. The SMILES string of the molecule is CCNC(=NCC(NC(=O)OCC)C1CC1)NC1CCN(c2cccc(C)n2)CC1. The van der Waals surface area contributed by atoms with Crippen molar-refractivity contribution in [1.29, 1.82) is 0 Å². The first-order valence-electron chi connectivity index (χ1n) is 11.3. The third-order valence-electron chi connectivity index (χ3n) is 5.59. The fourth-order valence-corrected chi connectivity index (χ4v) is 3.80. The number of pyridine rings is 1. The van der Waals surface area contributed by atoms with Crippen LogP contribution in [0.25, 0.3) is 0 Å². The average molecular weight is 417 g/mol. The normalized spacial score (nSPS) is 18.6. The molecule has 2 fully saturated rings. The smallest absolute Gasteiger partial charge is 0.407 e. The molecule has 8 heteroatoms. The molecule has 8 nitrogen and oxygen atoms in total. The summed E-state index contributed by atoms with van der Waals surface area (Å²) < 4.78 is 5.04. The van der Waals surface area contributed by atoms with Crippen molar-refractivity contribution < 1.29 is 9.53 Å². The lowest BCUT2D eigenvalue weighted by atomic mass is 10.1. The van der Waals surface area contributed by atoms with Crippen LogP contribution >= 0.6 is 0 Å². The highest BCUT2D eigenvalue weighted by molar-refractivity contribution is 5.80. The van der Waals surface area contributed by atoms with Crippen molar-refractivity contribution in [3.05, 3.63) is 23.9 Å². The number of piperidine rings is 1. The lowest BCUT2D eigenvalue weighted by molar-refractivity contribution is 0.147. The van der Waals surface area contributed by atoms with Crippen LogP contribution in [0.5, 0.6) is 0 Å². The highest BCUT2D eigenvalue weighted by Gasteiger charge is 2.32. The van der Waals surface area contributed by atoms with Gasteiger partial charge >= 0.3 is 6.09 Å². The highest BCUT2D eigenvalue weighted by Crippen LogP contribution is 2.32.